The third-order valence-corrected chi connectivity index (χ3v) is 5.69. The van der Waals surface area contributed by atoms with Gasteiger partial charge in [-0.25, -0.2) is 0 Å². The highest BCUT2D eigenvalue weighted by Crippen LogP contribution is 2.27. The largest absolute Gasteiger partial charge is 0.355 e. The number of aromatic nitrogens is 5. The van der Waals surface area contributed by atoms with Crippen LogP contribution in [0.5, 0.6) is 0 Å². The van der Waals surface area contributed by atoms with Crippen molar-refractivity contribution in [1.82, 2.24) is 30.2 Å². The first-order valence-corrected chi connectivity index (χ1v) is 9.29. The van der Waals surface area contributed by atoms with E-state index < -0.39 is 0 Å². The molecule has 8 nitrogen and oxygen atoms in total. The zero-order valence-electron chi connectivity index (χ0n) is 14.7. The summed E-state index contributed by atoms with van der Waals surface area (Å²) < 4.78 is 1.45. The molecule has 0 unspecified atom stereocenters. The molecule has 1 saturated heterocycles. The molecule has 1 saturated carbocycles. The van der Waals surface area contributed by atoms with Crippen LogP contribution in [0, 0.1) is 5.92 Å². The number of anilines is 1. The summed E-state index contributed by atoms with van der Waals surface area (Å²) in [5.74, 6) is 1.33. The summed E-state index contributed by atoms with van der Waals surface area (Å²) >= 11 is 0. The number of nitrogens with zero attached hydrogens (tertiary/aromatic N) is 7. The summed E-state index contributed by atoms with van der Waals surface area (Å²) in [4.78, 5) is 17.1. The predicted octanol–water partition coefficient (Wildman–Crippen LogP) is 1.53. The molecule has 0 aromatic carbocycles. The molecule has 2 aliphatic rings. The van der Waals surface area contributed by atoms with Gasteiger partial charge in [-0.3, -0.25) is 4.79 Å². The molecule has 0 radical (unpaired) electrons. The molecule has 25 heavy (non-hydrogen) atoms. The number of rotatable bonds is 3. The lowest BCUT2D eigenvalue weighted by atomic mass is 9.91. The SMILES string of the molecule is CN(C(=O)C1CCN(c2ccc3nnnn3n2)CC1)C1CCCCC1. The second-order valence-corrected chi connectivity index (χ2v) is 7.22. The number of piperidine rings is 1. The van der Waals surface area contributed by atoms with Crippen LogP contribution in [0.2, 0.25) is 0 Å². The van der Waals surface area contributed by atoms with Gasteiger partial charge in [0.2, 0.25) is 5.91 Å². The quantitative estimate of drug-likeness (QED) is 0.841. The van der Waals surface area contributed by atoms with Crippen LogP contribution in [0.3, 0.4) is 0 Å². The Hall–Kier alpha value is -2.25. The number of amides is 1. The zero-order valence-corrected chi connectivity index (χ0v) is 14.7. The highest BCUT2D eigenvalue weighted by Gasteiger charge is 2.31. The average Bonchev–Trinajstić information content (AvgIpc) is 3.15. The van der Waals surface area contributed by atoms with Gasteiger partial charge in [-0.15, -0.1) is 14.8 Å². The molecule has 134 valence electrons. The van der Waals surface area contributed by atoms with Crippen molar-refractivity contribution in [2.24, 2.45) is 5.92 Å². The predicted molar refractivity (Wildman–Crippen MR) is 93.2 cm³/mol. The number of fused-ring (bicyclic) bond motifs is 1. The van der Waals surface area contributed by atoms with Gasteiger partial charge in [0, 0.05) is 32.1 Å². The summed E-state index contributed by atoms with van der Waals surface area (Å²) in [7, 11) is 2.00. The van der Waals surface area contributed by atoms with Gasteiger partial charge in [0.05, 0.1) is 0 Å². The number of hydrogen-bond donors (Lipinski definition) is 0. The fourth-order valence-electron chi connectivity index (χ4n) is 4.10. The Morgan fingerprint density at radius 3 is 2.64 bits per heavy atom. The molecular weight excluding hydrogens is 318 g/mol. The third kappa shape index (κ3) is 3.29. The summed E-state index contributed by atoms with van der Waals surface area (Å²) in [6, 6.07) is 4.27. The number of carbonyl (C=O) groups excluding carboxylic acids is 1. The van der Waals surface area contributed by atoms with Gasteiger partial charge in [-0.2, -0.15) is 0 Å². The summed E-state index contributed by atoms with van der Waals surface area (Å²) in [5.41, 5.74) is 0.642. The fraction of sp³-hybridized carbons (Fsp3) is 0.706. The topological polar surface area (TPSA) is 79.5 Å². The first kappa shape index (κ1) is 16.2. The Bertz CT molecular complexity index is 731. The lowest BCUT2D eigenvalue weighted by Gasteiger charge is -2.37. The minimum Gasteiger partial charge on any atom is -0.355 e. The van der Waals surface area contributed by atoms with E-state index in [2.05, 4.69) is 25.5 Å². The summed E-state index contributed by atoms with van der Waals surface area (Å²) in [6.45, 7) is 1.69. The molecule has 2 aromatic rings. The van der Waals surface area contributed by atoms with Gasteiger partial charge >= 0.3 is 0 Å². The van der Waals surface area contributed by atoms with E-state index in [-0.39, 0.29) is 5.92 Å². The Morgan fingerprint density at radius 1 is 1.12 bits per heavy atom. The van der Waals surface area contributed by atoms with Gasteiger partial charge in [0.15, 0.2) is 11.5 Å². The second kappa shape index (κ2) is 6.93. The molecule has 4 rings (SSSR count). The highest BCUT2D eigenvalue weighted by molar-refractivity contribution is 5.79. The van der Waals surface area contributed by atoms with Crippen molar-refractivity contribution in [3.8, 4) is 0 Å². The minimum atomic E-state index is 0.139. The fourth-order valence-corrected chi connectivity index (χ4v) is 4.10. The highest BCUT2D eigenvalue weighted by atomic mass is 16.2. The molecule has 0 spiro atoms. The van der Waals surface area contributed by atoms with Gasteiger partial charge in [0.1, 0.15) is 0 Å². The Balaban J connectivity index is 1.36. The number of tetrazole rings is 1. The van der Waals surface area contributed by atoms with Crippen LogP contribution in [-0.2, 0) is 4.79 Å². The van der Waals surface area contributed by atoms with E-state index in [1.165, 1.54) is 23.9 Å². The van der Waals surface area contributed by atoms with Crippen LogP contribution in [0.25, 0.3) is 5.65 Å². The molecule has 0 atom stereocenters. The van der Waals surface area contributed by atoms with Crippen LogP contribution >= 0.6 is 0 Å². The van der Waals surface area contributed by atoms with Gasteiger partial charge in [0.25, 0.3) is 0 Å². The van der Waals surface area contributed by atoms with E-state index in [4.69, 9.17) is 0 Å². The van der Waals surface area contributed by atoms with E-state index in [0.717, 1.165) is 44.6 Å². The molecule has 2 fully saturated rings. The molecule has 8 heteroatoms. The smallest absolute Gasteiger partial charge is 0.225 e. The molecule has 1 aliphatic heterocycles. The molecule has 1 aliphatic carbocycles. The Morgan fingerprint density at radius 2 is 1.88 bits per heavy atom. The number of carbonyl (C=O) groups is 1. The molecular formula is C17H25N7O. The van der Waals surface area contributed by atoms with Crippen LogP contribution < -0.4 is 4.90 Å². The summed E-state index contributed by atoms with van der Waals surface area (Å²) in [5, 5.41) is 15.8. The maximum Gasteiger partial charge on any atom is 0.225 e. The standard InChI is InChI=1S/C17H25N7O/c1-22(14-5-3-2-4-6-14)17(25)13-9-11-23(12-10-13)16-8-7-15-18-20-21-24(15)19-16/h7-8,13-14H,2-6,9-12H2,1H3. The van der Waals surface area contributed by atoms with Crippen molar-refractivity contribution in [2.75, 3.05) is 25.0 Å². The first-order chi connectivity index (χ1) is 12.2. The van der Waals surface area contributed by atoms with E-state index in [1.54, 1.807) is 0 Å². The molecule has 0 N–H and O–H groups in total. The van der Waals surface area contributed by atoms with Crippen LogP contribution in [0.4, 0.5) is 5.82 Å². The van der Waals surface area contributed by atoms with Crippen molar-refractivity contribution < 1.29 is 4.79 Å². The van der Waals surface area contributed by atoms with Crippen LogP contribution in [0.1, 0.15) is 44.9 Å². The van der Waals surface area contributed by atoms with Gasteiger partial charge in [-0.05, 0) is 48.2 Å². The van der Waals surface area contributed by atoms with Crippen molar-refractivity contribution in [3.63, 3.8) is 0 Å². The third-order valence-electron chi connectivity index (χ3n) is 5.69. The maximum absolute atomic E-state index is 12.8. The lowest BCUT2D eigenvalue weighted by molar-refractivity contribution is -0.137. The van der Waals surface area contributed by atoms with Crippen LogP contribution in [0.15, 0.2) is 12.1 Å². The second-order valence-electron chi connectivity index (χ2n) is 7.22. The normalized spacial score (nSPS) is 20.1. The molecule has 2 aromatic heterocycles. The lowest BCUT2D eigenvalue weighted by Crippen LogP contribution is -2.45. The van der Waals surface area contributed by atoms with Gasteiger partial charge in [-0.1, -0.05) is 19.3 Å². The van der Waals surface area contributed by atoms with Crippen molar-refractivity contribution >= 4 is 17.4 Å². The number of hydrogen-bond acceptors (Lipinski definition) is 6. The zero-order chi connectivity index (χ0) is 17.2. The Labute approximate surface area is 147 Å². The summed E-state index contributed by atoms with van der Waals surface area (Å²) in [6.07, 6.45) is 7.91. The van der Waals surface area contributed by atoms with Gasteiger partial charge < -0.3 is 9.80 Å². The molecule has 1 amide bonds. The average molecular weight is 343 g/mol. The van der Waals surface area contributed by atoms with E-state index >= 15 is 0 Å². The van der Waals surface area contributed by atoms with Crippen molar-refractivity contribution in [3.05, 3.63) is 12.1 Å². The van der Waals surface area contributed by atoms with Crippen LogP contribution in [-0.4, -0.2) is 62.2 Å². The molecule has 0 bridgehead atoms. The maximum atomic E-state index is 12.8. The minimum absolute atomic E-state index is 0.139. The van der Waals surface area contributed by atoms with E-state index in [0.29, 0.717) is 17.6 Å². The molecule has 3 heterocycles. The van der Waals surface area contributed by atoms with Crippen molar-refractivity contribution in [2.45, 2.75) is 51.0 Å². The van der Waals surface area contributed by atoms with E-state index in [9.17, 15) is 4.79 Å². The first-order valence-electron chi connectivity index (χ1n) is 9.29. The van der Waals surface area contributed by atoms with E-state index in [1.807, 2.05) is 24.1 Å². The monoisotopic (exact) mass is 343 g/mol. The van der Waals surface area contributed by atoms with Crippen molar-refractivity contribution in [1.29, 1.82) is 0 Å². The Kier molecular flexibility index (Phi) is 4.50.